The summed E-state index contributed by atoms with van der Waals surface area (Å²) in [5.41, 5.74) is 4.64. The maximum Gasteiger partial charge on any atom is 0.233 e. The van der Waals surface area contributed by atoms with E-state index in [0.717, 1.165) is 27.1 Å². The summed E-state index contributed by atoms with van der Waals surface area (Å²) in [5, 5.41) is 12.5. The second kappa shape index (κ2) is 12.5. The molecule has 3 aromatic carbocycles. The average Bonchev–Trinajstić information content (AvgIpc) is 3.34. The highest BCUT2D eigenvalue weighted by atomic mass is 32.2. The molecule has 0 radical (unpaired) electrons. The normalized spacial score (nSPS) is 10.9. The van der Waals surface area contributed by atoms with Crippen molar-refractivity contribution in [1.82, 2.24) is 15.1 Å². The van der Waals surface area contributed by atoms with Gasteiger partial charge in [-0.1, -0.05) is 110 Å². The molecule has 180 valence electrons. The van der Waals surface area contributed by atoms with Gasteiger partial charge in [0.2, 0.25) is 11.0 Å². The van der Waals surface area contributed by atoms with Crippen LogP contribution in [0.2, 0.25) is 0 Å². The molecule has 0 fully saturated rings. The zero-order chi connectivity index (χ0) is 24.5. The topological polar surface area (TPSA) is 58.1 Å². The van der Waals surface area contributed by atoms with E-state index in [1.807, 2.05) is 41.3 Å². The van der Waals surface area contributed by atoms with E-state index in [1.54, 1.807) is 0 Å². The summed E-state index contributed by atoms with van der Waals surface area (Å²) in [6.07, 6.45) is 0.826. The van der Waals surface area contributed by atoms with Crippen molar-refractivity contribution in [2.75, 3.05) is 17.6 Å². The largest absolute Gasteiger partial charge is 0.337 e. The first-order valence-electron chi connectivity index (χ1n) is 11.8. The van der Waals surface area contributed by atoms with E-state index >= 15 is 0 Å². The quantitative estimate of drug-likeness (QED) is 0.229. The third kappa shape index (κ3) is 7.67. The van der Waals surface area contributed by atoms with Gasteiger partial charge in [-0.2, -0.15) is 0 Å². The number of thioether (sulfide) groups is 1. The Balaban J connectivity index is 1.34. The lowest BCUT2D eigenvalue weighted by Gasteiger charge is -2.23. The molecule has 1 heterocycles. The first-order valence-corrected chi connectivity index (χ1v) is 13.6. The van der Waals surface area contributed by atoms with Gasteiger partial charge in [-0.15, -0.1) is 10.2 Å². The van der Waals surface area contributed by atoms with Gasteiger partial charge >= 0.3 is 0 Å². The van der Waals surface area contributed by atoms with Gasteiger partial charge in [-0.05, 0) is 41.2 Å². The predicted molar refractivity (Wildman–Crippen MR) is 146 cm³/mol. The minimum atomic E-state index is 0.101. The highest BCUT2D eigenvalue weighted by Crippen LogP contribution is 2.28. The zero-order valence-electron chi connectivity index (χ0n) is 20.1. The Morgan fingerprint density at radius 3 is 2.23 bits per heavy atom. The van der Waals surface area contributed by atoms with Crippen molar-refractivity contribution in [2.24, 2.45) is 0 Å². The maximum absolute atomic E-state index is 13.2. The third-order valence-electron chi connectivity index (χ3n) is 5.64. The van der Waals surface area contributed by atoms with Crippen LogP contribution in [0.4, 0.5) is 10.8 Å². The van der Waals surface area contributed by atoms with Crippen LogP contribution in [0, 0.1) is 0 Å². The molecule has 0 saturated carbocycles. The maximum atomic E-state index is 13.2. The van der Waals surface area contributed by atoms with Crippen molar-refractivity contribution in [3.8, 4) is 0 Å². The van der Waals surface area contributed by atoms with Crippen molar-refractivity contribution >= 4 is 39.8 Å². The van der Waals surface area contributed by atoms with Crippen LogP contribution in [-0.2, 0) is 17.8 Å². The summed E-state index contributed by atoms with van der Waals surface area (Å²) in [4.78, 5) is 15.1. The van der Waals surface area contributed by atoms with Gasteiger partial charge < -0.3 is 10.2 Å². The van der Waals surface area contributed by atoms with E-state index in [1.165, 1.54) is 34.2 Å². The Morgan fingerprint density at radius 1 is 0.914 bits per heavy atom. The molecule has 0 atom stereocenters. The van der Waals surface area contributed by atoms with Crippen LogP contribution in [0.1, 0.15) is 36.5 Å². The van der Waals surface area contributed by atoms with E-state index in [2.05, 4.69) is 77.9 Å². The monoisotopic (exact) mass is 502 g/mol. The molecule has 0 aliphatic heterocycles. The highest BCUT2D eigenvalue weighted by molar-refractivity contribution is 8.01. The molecule has 1 amide bonds. The number of nitrogens with one attached hydrogen (secondary N) is 1. The Kier molecular flexibility index (Phi) is 8.92. The van der Waals surface area contributed by atoms with E-state index in [9.17, 15) is 4.79 Å². The number of hydrogen-bond donors (Lipinski definition) is 1. The molecule has 0 spiro atoms. The molecular weight excluding hydrogens is 472 g/mol. The third-order valence-corrected chi connectivity index (χ3v) is 7.59. The van der Waals surface area contributed by atoms with Gasteiger partial charge in [0, 0.05) is 18.8 Å². The van der Waals surface area contributed by atoms with Crippen LogP contribution in [-0.4, -0.2) is 33.3 Å². The summed E-state index contributed by atoms with van der Waals surface area (Å²) in [6, 6.07) is 28.8. The fourth-order valence-electron chi connectivity index (χ4n) is 3.61. The Bertz CT molecular complexity index is 1190. The Morgan fingerprint density at radius 2 is 1.57 bits per heavy atom. The molecule has 35 heavy (non-hydrogen) atoms. The minimum Gasteiger partial charge on any atom is -0.337 e. The summed E-state index contributed by atoms with van der Waals surface area (Å²) in [7, 11) is 0. The molecule has 1 aromatic heterocycles. The lowest BCUT2D eigenvalue weighted by Crippen LogP contribution is -2.33. The van der Waals surface area contributed by atoms with Gasteiger partial charge in [-0.3, -0.25) is 4.79 Å². The molecular formula is C28H30N4OS2. The lowest BCUT2D eigenvalue weighted by molar-refractivity contribution is -0.128. The number of rotatable bonds is 11. The number of carbonyl (C=O) groups is 1. The van der Waals surface area contributed by atoms with Crippen molar-refractivity contribution in [1.29, 1.82) is 0 Å². The zero-order valence-corrected chi connectivity index (χ0v) is 21.7. The molecule has 5 nitrogen and oxygen atoms in total. The SMILES string of the molecule is CC(C)c1ccc(Nc2nnc(SCC(=O)N(CCc3ccccc3)Cc3ccccc3)s2)cc1. The van der Waals surface area contributed by atoms with Gasteiger partial charge in [0.15, 0.2) is 4.34 Å². The summed E-state index contributed by atoms with van der Waals surface area (Å²) < 4.78 is 0.780. The smallest absolute Gasteiger partial charge is 0.233 e. The van der Waals surface area contributed by atoms with Crippen molar-refractivity contribution < 1.29 is 4.79 Å². The van der Waals surface area contributed by atoms with Gasteiger partial charge in [-0.25, -0.2) is 0 Å². The Labute approximate surface area is 215 Å². The van der Waals surface area contributed by atoms with Gasteiger partial charge in [0.1, 0.15) is 0 Å². The number of benzene rings is 3. The van der Waals surface area contributed by atoms with Crippen LogP contribution < -0.4 is 5.32 Å². The van der Waals surface area contributed by atoms with Crippen LogP contribution in [0.25, 0.3) is 0 Å². The van der Waals surface area contributed by atoms with Gasteiger partial charge in [0.05, 0.1) is 5.75 Å². The highest BCUT2D eigenvalue weighted by Gasteiger charge is 2.16. The molecule has 0 saturated heterocycles. The van der Waals surface area contributed by atoms with Crippen LogP contribution >= 0.6 is 23.1 Å². The van der Waals surface area contributed by atoms with E-state index in [4.69, 9.17) is 0 Å². The number of aromatic nitrogens is 2. The Hall–Kier alpha value is -3.16. The average molecular weight is 503 g/mol. The number of anilines is 2. The molecule has 7 heteroatoms. The first kappa shape index (κ1) is 24.9. The second-order valence-corrected chi connectivity index (χ2v) is 10.8. The number of amides is 1. The molecule has 1 N–H and O–H groups in total. The number of nitrogens with zero attached hydrogens (tertiary/aromatic N) is 3. The molecule has 0 bridgehead atoms. The van der Waals surface area contributed by atoms with Gasteiger partial charge in [0.25, 0.3) is 0 Å². The van der Waals surface area contributed by atoms with E-state index in [0.29, 0.717) is 24.8 Å². The van der Waals surface area contributed by atoms with Crippen LogP contribution in [0.15, 0.2) is 89.3 Å². The van der Waals surface area contributed by atoms with E-state index < -0.39 is 0 Å². The fraction of sp³-hybridized carbons (Fsp3) is 0.250. The first-order chi connectivity index (χ1) is 17.1. The van der Waals surface area contributed by atoms with Crippen molar-refractivity contribution in [2.45, 2.75) is 37.1 Å². The molecule has 0 aliphatic rings. The summed E-state index contributed by atoms with van der Waals surface area (Å²) >= 11 is 2.91. The van der Waals surface area contributed by atoms with Crippen LogP contribution in [0.5, 0.6) is 0 Å². The number of hydrogen-bond acceptors (Lipinski definition) is 6. The molecule has 0 unspecified atom stereocenters. The minimum absolute atomic E-state index is 0.101. The second-order valence-electron chi connectivity index (χ2n) is 8.60. The predicted octanol–water partition coefficient (Wildman–Crippen LogP) is 6.77. The fourth-order valence-corrected chi connectivity index (χ4v) is 5.29. The van der Waals surface area contributed by atoms with Crippen LogP contribution in [0.3, 0.4) is 0 Å². The van der Waals surface area contributed by atoms with Crippen molar-refractivity contribution in [3.05, 3.63) is 102 Å². The number of carbonyl (C=O) groups excluding carboxylic acids is 1. The lowest BCUT2D eigenvalue weighted by atomic mass is 10.0. The molecule has 4 rings (SSSR count). The summed E-state index contributed by atoms with van der Waals surface area (Å²) in [5.74, 6) is 0.934. The van der Waals surface area contributed by atoms with E-state index in [-0.39, 0.29) is 5.91 Å². The summed E-state index contributed by atoms with van der Waals surface area (Å²) in [6.45, 7) is 5.64. The van der Waals surface area contributed by atoms with Crippen molar-refractivity contribution in [3.63, 3.8) is 0 Å². The molecule has 0 aliphatic carbocycles. The molecule has 4 aromatic rings. The standard InChI is InChI=1S/C28H30N4OS2/c1-21(2)24-13-15-25(16-14-24)29-27-30-31-28(35-27)34-20-26(33)32(19-23-11-7-4-8-12-23)18-17-22-9-5-3-6-10-22/h3-16,21H,17-20H2,1-2H3,(H,29,30).